The molecule has 1 aromatic heterocycles. The Balaban J connectivity index is 1.19. The number of halogens is 1. The Morgan fingerprint density at radius 1 is 0.844 bits per heavy atom. The number of rotatable bonds is 7. The first-order valence-corrected chi connectivity index (χ1v) is 11.5. The van der Waals surface area contributed by atoms with Gasteiger partial charge in [0, 0.05) is 37.7 Å². The Kier molecular flexibility index (Phi) is 6.39. The first-order chi connectivity index (χ1) is 15.8. The van der Waals surface area contributed by atoms with E-state index in [1.165, 1.54) is 11.1 Å². The number of nitrogens with zero attached hydrogens (tertiary/aromatic N) is 3. The molecular formula is C26H27ClN4O. The summed E-state index contributed by atoms with van der Waals surface area (Å²) in [6.45, 7) is 5.56. The molecule has 5 nitrogen and oxygen atoms in total. The van der Waals surface area contributed by atoms with E-state index in [4.69, 9.17) is 16.3 Å². The zero-order chi connectivity index (χ0) is 21.8. The van der Waals surface area contributed by atoms with Crippen LogP contribution in [0.5, 0.6) is 6.01 Å². The van der Waals surface area contributed by atoms with E-state index in [1.54, 1.807) is 0 Å². The summed E-state index contributed by atoms with van der Waals surface area (Å²) in [7, 11) is 0. The van der Waals surface area contributed by atoms with Gasteiger partial charge in [-0.1, -0.05) is 66.2 Å². The molecule has 1 aliphatic rings. The van der Waals surface area contributed by atoms with Gasteiger partial charge < -0.3 is 9.72 Å². The summed E-state index contributed by atoms with van der Waals surface area (Å²) < 4.78 is 5.88. The number of hydrogen-bond acceptors (Lipinski definition) is 4. The van der Waals surface area contributed by atoms with Gasteiger partial charge in [0.25, 0.3) is 6.01 Å². The number of hydrogen-bond donors (Lipinski definition) is 1. The molecule has 1 saturated heterocycles. The maximum atomic E-state index is 6.14. The monoisotopic (exact) mass is 446 g/mol. The molecule has 6 heteroatoms. The van der Waals surface area contributed by atoms with E-state index in [0.29, 0.717) is 12.6 Å². The van der Waals surface area contributed by atoms with Crippen LogP contribution in [0.2, 0.25) is 5.02 Å². The summed E-state index contributed by atoms with van der Waals surface area (Å²) in [4.78, 5) is 12.7. The highest BCUT2D eigenvalue weighted by atomic mass is 35.5. The second-order valence-corrected chi connectivity index (χ2v) is 8.59. The fourth-order valence-electron chi connectivity index (χ4n) is 4.41. The molecule has 1 N–H and O–H groups in total. The van der Waals surface area contributed by atoms with E-state index in [9.17, 15) is 0 Å². The Labute approximate surface area is 193 Å². The molecule has 0 radical (unpaired) electrons. The van der Waals surface area contributed by atoms with Crippen molar-refractivity contribution >= 4 is 22.6 Å². The van der Waals surface area contributed by atoms with Crippen molar-refractivity contribution in [2.45, 2.75) is 6.04 Å². The van der Waals surface area contributed by atoms with Crippen molar-refractivity contribution in [1.29, 1.82) is 0 Å². The normalized spacial score (nSPS) is 16.3. The third kappa shape index (κ3) is 4.80. The van der Waals surface area contributed by atoms with Gasteiger partial charge in [0.2, 0.25) is 0 Å². The SMILES string of the molecule is Clc1ccc(C(c2ccccc2)N2CCN(CCOc3nc4ccccc4[nH]3)CC2)cc1. The molecule has 3 aromatic carbocycles. The average Bonchev–Trinajstić information content (AvgIpc) is 3.25. The first kappa shape index (κ1) is 21.0. The lowest BCUT2D eigenvalue weighted by Crippen LogP contribution is -2.48. The minimum absolute atomic E-state index is 0.238. The summed E-state index contributed by atoms with van der Waals surface area (Å²) >= 11 is 6.14. The summed E-state index contributed by atoms with van der Waals surface area (Å²) in [5.74, 6) is 0. The van der Waals surface area contributed by atoms with Gasteiger partial charge in [-0.25, -0.2) is 0 Å². The number of ether oxygens (including phenoxy) is 1. The van der Waals surface area contributed by atoms with E-state index in [1.807, 2.05) is 36.4 Å². The molecule has 1 aliphatic heterocycles. The van der Waals surface area contributed by atoms with Gasteiger partial charge in [-0.05, 0) is 35.4 Å². The summed E-state index contributed by atoms with van der Waals surface area (Å²) in [5.41, 5.74) is 4.54. The molecule has 1 fully saturated rings. The molecule has 0 bridgehead atoms. The minimum Gasteiger partial charge on any atom is -0.463 e. The van der Waals surface area contributed by atoms with Crippen LogP contribution in [-0.2, 0) is 0 Å². The van der Waals surface area contributed by atoms with Gasteiger partial charge >= 0.3 is 0 Å². The highest BCUT2D eigenvalue weighted by molar-refractivity contribution is 6.30. The van der Waals surface area contributed by atoms with E-state index < -0.39 is 0 Å². The Bertz CT molecular complexity index is 1100. The van der Waals surface area contributed by atoms with Crippen molar-refractivity contribution in [2.75, 3.05) is 39.3 Å². The fourth-order valence-corrected chi connectivity index (χ4v) is 4.53. The quantitative estimate of drug-likeness (QED) is 0.433. The molecule has 0 aliphatic carbocycles. The maximum absolute atomic E-state index is 6.14. The largest absolute Gasteiger partial charge is 0.463 e. The van der Waals surface area contributed by atoms with Gasteiger partial charge in [0.1, 0.15) is 6.61 Å². The van der Waals surface area contributed by atoms with E-state index in [-0.39, 0.29) is 6.04 Å². The van der Waals surface area contributed by atoms with Crippen molar-refractivity contribution in [3.63, 3.8) is 0 Å². The highest BCUT2D eigenvalue weighted by Crippen LogP contribution is 2.30. The third-order valence-electron chi connectivity index (χ3n) is 6.09. The maximum Gasteiger partial charge on any atom is 0.294 e. The number of fused-ring (bicyclic) bond motifs is 1. The summed E-state index contributed by atoms with van der Waals surface area (Å²) in [6.07, 6.45) is 0. The van der Waals surface area contributed by atoms with Gasteiger partial charge in [-0.2, -0.15) is 4.98 Å². The molecule has 0 saturated carbocycles. The Hall–Kier alpha value is -2.86. The van der Waals surface area contributed by atoms with Crippen molar-refractivity contribution in [2.24, 2.45) is 0 Å². The predicted molar refractivity (Wildman–Crippen MR) is 129 cm³/mol. The lowest BCUT2D eigenvalue weighted by atomic mass is 9.96. The molecule has 2 heterocycles. The van der Waals surface area contributed by atoms with Crippen LogP contribution in [0.25, 0.3) is 11.0 Å². The van der Waals surface area contributed by atoms with Crippen molar-refractivity contribution in [1.82, 2.24) is 19.8 Å². The van der Waals surface area contributed by atoms with Crippen LogP contribution in [0.3, 0.4) is 0 Å². The van der Waals surface area contributed by atoms with Crippen molar-refractivity contribution < 1.29 is 4.74 Å². The second kappa shape index (κ2) is 9.74. The number of nitrogens with one attached hydrogen (secondary N) is 1. The van der Waals surface area contributed by atoms with Crippen LogP contribution in [0, 0.1) is 0 Å². The number of aromatic amines is 1. The fraction of sp³-hybridized carbons (Fsp3) is 0.269. The second-order valence-electron chi connectivity index (χ2n) is 8.15. The molecule has 4 aromatic rings. The zero-order valence-electron chi connectivity index (χ0n) is 18.0. The topological polar surface area (TPSA) is 44.4 Å². The Morgan fingerprint density at radius 3 is 2.28 bits per heavy atom. The number of benzene rings is 3. The predicted octanol–water partition coefficient (Wildman–Crippen LogP) is 5.00. The van der Waals surface area contributed by atoms with Gasteiger partial charge in [0.15, 0.2) is 0 Å². The van der Waals surface area contributed by atoms with Crippen LogP contribution in [0.15, 0.2) is 78.9 Å². The molecule has 1 atom stereocenters. The number of para-hydroxylation sites is 2. The van der Waals surface area contributed by atoms with Crippen LogP contribution in [0.4, 0.5) is 0 Å². The van der Waals surface area contributed by atoms with Crippen molar-refractivity contribution in [3.05, 3.63) is 95.0 Å². The molecule has 164 valence electrons. The molecular weight excluding hydrogens is 420 g/mol. The van der Waals surface area contributed by atoms with Crippen LogP contribution in [0.1, 0.15) is 17.2 Å². The molecule has 5 rings (SSSR count). The van der Waals surface area contributed by atoms with E-state index in [0.717, 1.165) is 48.8 Å². The first-order valence-electron chi connectivity index (χ1n) is 11.1. The van der Waals surface area contributed by atoms with E-state index >= 15 is 0 Å². The van der Waals surface area contributed by atoms with Crippen LogP contribution >= 0.6 is 11.6 Å². The molecule has 32 heavy (non-hydrogen) atoms. The number of imidazole rings is 1. The molecule has 1 unspecified atom stereocenters. The zero-order valence-corrected chi connectivity index (χ0v) is 18.7. The van der Waals surface area contributed by atoms with Gasteiger partial charge in [-0.15, -0.1) is 0 Å². The summed E-state index contributed by atoms with van der Waals surface area (Å²) in [6, 6.07) is 27.8. The molecule has 0 spiro atoms. The number of aromatic nitrogens is 2. The lowest BCUT2D eigenvalue weighted by Gasteiger charge is -2.39. The number of H-pyrrole nitrogens is 1. The minimum atomic E-state index is 0.238. The van der Waals surface area contributed by atoms with Crippen LogP contribution in [-0.4, -0.2) is 59.1 Å². The Morgan fingerprint density at radius 2 is 1.53 bits per heavy atom. The van der Waals surface area contributed by atoms with E-state index in [2.05, 4.69) is 62.2 Å². The third-order valence-corrected chi connectivity index (χ3v) is 6.34. The van der Waals surface area contributed by atoms with Crippen molar-refractivity contribution in [3.8, 4) is 6.01 Å². The van der Waals surface area contributed by atoms with Gasteiger partial charge in [-0.3, -0.25) is 9.80 Å². The molecule has 0 amide bonds. The van der Waals surface area contributed by atoms with Crippen LogP contribution < -0.4 is 4.74 Å². The standard InChI is InChI=1S/C26H27ClN4O/c27-22-12-10-21(11-13-22)25(20-6-2-1-3-7-20)31-16-14-30(15-17-31)18-19-32-26-28-23-8-4-5-9-24(23)29-26/h1-13,25H,14-19H2,(H,28,29). The van der Waals surface area contributed by atoms with Gasteiger partial charge in [0.05, 0.1) is 17.1 Å². The highest BCUT2D eigenvalue weighted by Gasteiger charge is 2.26. The average molecular weight is 447 g/mol. The smallest absolute Gasteiger partial charge is 0.294 e. The lowest BCUT2D eigenvalue weighted by molar-refractivity contribution is 0.0965. The summed E-state index contributed by atoms with van der Waals surface area (Å²) in [5, 5.41) is 0.773. The number of piperazine rings is 1.